The van der Waals surface area contributed by atoms with Crippen LogP contribution in [0.3, 0.4) is 0 Å². The largest absolute Gasteiger partial charge is 0.466 e. The van der Waals surface area contributed by atoms with Gasteiger partial charge in [-0.1, -0.05) is 54.6 Å². The van der Waals surface area contributed by atoms with Crippen molar-refractivity contribution < 1.29 is 18.8 Å². The van der Waals surface area contributed by atoms with Crippen molar-refractivity contribution >= 4 is 29.1 Å². The number of imidazole rings is 1. The molecule has 0 aliphatic heterocycles. The number of benzene rings is 1. The van der Waals surface area contributed by atoms with Gasteiger partial charge in [-0.25, -0.2) is 10.0 Å². The summed E-state index contributed by atoms with van der Waals surface area (Å²) in [6, 6.07) is 7.39. The fraction of sp³-hybridized carbons (Fsp3) is 0.429. The van der Waals surface area contributed by atoms with Crippen LogP contribution in [-0.4, -0.2) is 40.3 Å². The Bertz CT molecular complexity index is 1140. The van der Waals surface area contributed by atoms with E-state index in [4.69, 9.17) is 37.2 Å². The van der Waals surface area contributed by atoms with Gasteiger partial charge in [-0.05, 0) is 44.9 Å². The average molecular weight is 549 g/mol. The van der Waals surface area contributed by atoms with E-state index in [0.717, 1.165) is 24.2 Å². The van der Waals surface area contributed by atoms with Crippen LogP contribution >= 0.6 is 23.2 Å². The van der Waals surface area contributed by atoms with E-state index in [2.05, 4.69) is 11.6 Å². The van der Waals surface area contributed by atoms with Crippen molar-refractivity contribution in [3.8, 4) is 0 Å². The Morgan fingerprint density at radius 1 is 1.27 bits per heavy atom. The first kappa shape index (κ1) is 29.0. The van der Waals surface area contributed by atoms with E-state index < -0.39 is 0 Å². The summed E-state index contributed by atoms with van der Waals surface area (Å²) in [5.41, 5.74) is 1.52. The Morgan fingerprint density at radius 3 is 2.59 bits per heavy atom. The summed E-state index contributed by atoms with van der Waals surface area (Å²) >= 11 is 12.1. The Kier molecular flexibility index (Phi) is 11.3. The number of carbonyl (C=O) groups is 1. The molecule has 0 N–H and O–H groups in total. The molecule has 1 amide bonds. The molecule has 1 atom stereocenters. The van der Waals surface area contributed by atoms with Gasteiger partial charge in [0.1, 0.15) is 17.6 Å². The number of hydroxylamine groups is 2. The van der Waals surface area contributed by atoms with E-state index in [1.807, 2.05) is 30.7 Å². The van der Waals surface area contributed by atoms with Gasteiger partial charge in [0.25, 0.3) is 5.91 Å². The van der Waals surface area contributed by atoms with Crippen molar-refractivity contribution in [2.45, 2.75) is 64.6 Å². The second-order valence-electron chi connectivity index (χ2n) is 8.97. The quantitative estimate of drug-likeness (QED) is 0.206. The third-order valence-electron chi connectivity index (χ3n) is 6.24. The molecule has 1 aliphatic carbocycles. The molecule has 0 bridgehead atoms. The van der Waals surface area contributed by atoms with Gasteiger partial charge in [-0.15, -0.1) is 6.58 Å². The van der Waals surface area contributed by atoms with Crippen LogP contribution in [0.5, 0.6) is 0 Å². The lowest BCUT2D eigenvalue weighted by molar-refractivity contribution is -0.129. The number of aromatic nitrogens is 2. The second kappa shape index (κ2) is 14.4. The van der Waals surface area contributed by atoms with E-state index in [-0.39, 0.29) is 18.1 Å². The fourth-order valence-corrected chi connectivity index (χ4v) is 4.98. The van der Waals surface area contributed by atoms with E-state index in [1.165, 1.54) is 24.3 Å². The molecule has 1 aromatic carbocycles. The highest BCUT2D eigenvalue weighted by Gasteiger charge is 2.28. The van der Waals surface area contributed by atoms with Crippen molar-refractivity contribution in [3.63, 3.8) is 0 Å². The number of aryl methyl sites for hydroxylation is 2. The molecule has 0 radical (unpaired) electrons. The molecule has 200 valence electrons. The van der Waals surface area contributed by atoms with Gasteiger partial charge in [0.05, 0.1) is 38.2 Å². The molecular weight excluding hydrogens is 513 g/mol. The van der Waals surface area contributed by atoms with Gasteiger partial charge < -0.3 is 13.7 Å². The first-order valence-corrected chi connectivity index (χ1v) is 13.2. The Hall–Kier alpha value is -2.58. The number of rotatable bonds is 9. The first-order valence-electron chi connectivity index (χ1n) is 12.4. The smallest absolute Gasteiger partial charge is 0.281 e. The maximum absolute atomic E-state index is 12.5. The van der Waals surface area contributed by atoms with Gasteiger partial charge in [-0.2, -0.15) is 0 Å². The van der Waals surface area contributed by atoms with Crippen LogP contribution < -0.4 is 0 Å². The van der Waals surface area contributed by atoms with Crippen LogP contribution in [0.4, 0.5) is 0 Å². The molecule has 1 unspecified atom stereocenters. The van der Waals surface area contributed by atoms with Gasteiger partial charge >= 0.3 is 0 Å². The Labute approximate surface area is 228 Å². The summed E-state index contributed by atoms with van der Waals surface area (Å²) in [6.07, 6.45) is 12.5. The van der Waals surface area contributed by atoms with Crippen molar-refractivity contribution in [3.05, 3.63) is 88.3 Å². The predicted molar refractivity (Wildman–Crippen MR) is 146 cm³/mol. The Morgan fingerprint density at radius 2 is 2.03 bits per heavy atom. The molecule has 37 heavy (non-hydrogen) atoms. The molecular formula is C28H35Cl2N3O4. The maximum atomic E-state index is 12.5. The van der Waals surface area contributed by atoms with Crippen LogP contribution in [0, 0.1) is 13.8 Å². The highest BCUT2D eigenvalue weighted by Crippen LogP contribution is 2.30. The molecule has 2 heterocycles. The minimum atomic E-state index is -0.169. The molecule has 2 aromatic heterocycles. The summed E-state index contributed by atoms with van der Waals surface area (Å²) in [5.74, 6) is 1.34. The first-order chi connectivity index (χ1) is 17.8. The molecule has 9 heteroatoms. The number of amides is 1. The van der Waals surface area contributed by atoms with Crippen LogP contribution in [0.15, 0.2) is 60.1 Å². The van der Waals surface area contributed by atoms with Crippen molar-refractivity contribution in [2.24, 2.45) is 0 Å². The highest BCUT2D eigenvalue weighted by molar-refractivity contribution is 6.35. The predicted octanol–water partition coefficient (Wildman–Crippen LogP) is 7.37. The number of halogens is 2. The number of carbonyl (C=O) groups excluding carboxylic acids is 1. The maximum Gasteiger partial charge on any atom is 0.281 e. The van der Waals surface area contributed by atoms with Gasteiger partial charge in [0, 0.05) is 28.0 Å². The molecule has 1 aliphatic rings. The second-order valence-corrected chi connectivity index (χ2v) is 9.81. The SMILES string of the molecule is C=CCOC(Cn1ccnc1)c1ccc(Cl)cc1Cl.CON(C(=O)c1cc(C)oc1C)C1CCCCC1. The number of ether oxygens (including phenoxy) is 1. The summed E-state index contributed by atoms with van der Waals surface area (Å²) in [4.78, 5) is 21.8. The molecule has 1 fully saturated rings. The van der Waals surface area contributed by atoms with Crippen LogP contribution in [-0.2, 0) is 16.1 Å². The van der Waals surface area contributed by atoms with E-state index >= 15 is 0 Å². The minimum Gasteiger partial charge on any atom is -0.466 e. The summed E-state index contributed by atoms with van der Waals surface area (Å²) in [5, 5.41) is 2.73. The normalized spacial score (nSPS) is 14.5. The van der Waals surface area contributed by atoms with Gasteiger partial charge in [-0.3, -0.25) is 9.63 Å². The lowest BCUT2D eigenvalue weighted by Gasteiger charge is -2.31. The molecule has 7 nitrogen and oxygen atoms in total. The molecule has 1 saturated carbocycles. The lowest BCUT2D eigenvalue weighted by atomic mass is 9.95. The molecule has 3 aromatic rings. The van der Waals surface area contributed by atoms with Gasteiger partial charge in [0.2, 0.25) is 0 Å². The van der Waals surface area contributed by atoms with E-state index in [9.17, 15) is 4.79 Å². The van der Waals surface area contributed by atoms with E-state index in [0.29, 0.717) is 34.5 Å². The molecule has 0 spiro atoms. The van der Waals surface area contributed by atoms with Crippen molar-refractivity contribution in [1.29, 1.82) is 0 Å². The molecule has 0 saturated heterocycles. The topological polar surface area (TPSA) is 69.7 Å². The monoisotopic (exact) mass is 547 g/mol. The van der Waals surface area contributed by atoms with Gasteiger partial charge in [0.15, 0.2) is 0 Å². The average Bonchev–Trinajstić information content (AvgIpc) is 3.52. The number of hydrogen-bond acceptors (Lipinski definition) is 5. The molecule has 4 rings (SSSR count). The summed E-state index contributed by atoms with van der Waals surface area (Å²) in [7, 11) is 1.56. The zero-order valence-corrected chi connectivity index (χ0v) is 23.2. The fourth-order valence-electron chi connectivity index (χ4n) is 4.45. The zero-order chi connectivity index (χ0) is 26.8. The lowest BCUT2D eigenvalue weighted by Crippen LogP contribution is -2.40. The van der Waals surface area contributed by atoms with Crippen LogP contribution in [0.2, 0.25) is 10.0 Å². The Balaban J connectivity index is 0.000000206. The third kappa shape index (κ3) is 8.20. The van der Waals surface area contributed by atoms with Crippen LogP contribution in [0.1, 0.15) is 65.7 Å². The minimum absolute atomic E-state index is 0.0845. The highest BCUT2D eigenvalue weighted by atomic mass is 35.5. The number of nitrogens with zero attached hydrogens (tertiary/aromatic N) is 3. The van der Waals surface area contributed by atoms with E-state index in [1.54, 1.807) is 43.9 Å². The number of hydrogen-bond donors (Lipinski definition) is 0. The van der Waals surface area contributed by atoms with Crippen molar-refractivity contribution in [2.75, 3.05) is 13.7 Å². The summed E-state index contributed by atoms with van der Waals surface area (Å²) < 4.78 is 13.1. The van der Waals surface area contributed by atoms with Crippen LogP contribution in [0.25, 0.3) is 0 Å². The van der Waals surface area contributed by atoms with Crippen molar-refractivity contribution in [1.82, 2.24) is 14.6 Å². The standard InChI is InChI=1S/C14H14Cl2N2O.C14H21NO3/c1-2-7-19-14(9-18-6-5-17-10-18)12-4-3-11(15)8-13(12)16;1-10-9-13(11(2)18-10)14(16)15(17-3)12-7-5-4-6-8-12/h2-6,8,10,14H,1,7,9H2;9,12H,4-8H2,1-3H3. The third-order valence-corrected chi connectivity index (χ3v) is 6.80. The zero-order valence-electron chi connectivity index (χ0n) is 21.7. The number of furan rings is 1. The summed E-state index contributed by atoms with van der Waals surface area (Å²) in [6.45, 7) is 8.42.